The zero-order valence-corrected chi connectivity index (χ0v) is 14.7. The highest BCUT2D eigenvalue weighted by atomic mass is 16.5. The van der Waals surface area contributed by atoms with Crippen LogP contribution in [0.25, 0.3) is 0 Å². The number of nitrogens with one attached hydrogen (secondary N) is 1. The maximum atomic E-state index is 13.1. The first-order valence-corrected chi connectivity index (χ1v) is 8.80. The predicted molar refractivity (Wildman–Crippen MR) is 98.2 cm³/mol. The molecule has 0 saturated heterocycles. The van der Waals surface area contributed by atoms with Crippen molar-refractivity contribution in [2.45, 2.75) is 25.6 Å². The zero-order valence-electron chi connectivity index (χ0n) is 14.7. The lowest BCUT2D eigenvalue weighted by atomic mass is 9.99. The number of hydrogen-bond donors (Lipinski definition) is 1. The molecule has 0 saturated carbocycles. The number of carbonyl (C=O) groups is 2. The van der Waals surface area contributed by atoms with Crippen molar-refractivity contribution in [3.05, 3.63) is 89.3 Å². The number of benzene rings is 2. The largest absolute Gasteiger partial charge is 0.364 e. The molecule has 0 aliphatic carbocycles. The molecule has 6 heteroatoms. The van der Waals surface area contributed by atoms with E-state index in [2.05, 4.69) is 10.5 Å². The lowest BCUT2D eigenvalue weighted by Crippen LogP contribution is -2.45. The third-order valence-electron chi connectivity index (χ3n) is 4.69. The predicted octanol–water partition coefficient (Wildman–Crippen LogP) is 2.62. The van der Waals surface area contributed by atoms with Crippen LogP contribution in [-0.4, -0.2) is 21.9 Å². The van der Waals surface area contributed by atoms with Crippen LogP contribution in [0.5, 0.6) is 0 Å². The molecule has 1 aromatic heterocycles. The Hall–Kier alpha value is -3.41. The molecule has 0 fully saturated rings. The summed E-state index contributed by atoms with van der Waals surface area (Å²) in [6.45, 7) is 0.708. The number of rotatable bonds is 5. The smallest absolute Gasteiger partial charge is 0.247 e. The van der Waals surface area contributed by atoms with Crippen LogP contribution in [0.15, 0.2) is 71.4 Å². The summed E-state index contributed by atoms with van der Waals surface area (Å²) in [5.41, 5.74) is 3.26. The highest BCUT2D eigenvalue weighted by molar-refractivity contribution is 5.90. The molecule has 3 aromatic rings. The molecular weight excluding hydrogens is 342 g/mol. The highest BCUT2D eigenvalue weighted by Crippen LogP contribution is 2.28. The van der Waals surface area contributed by atoms with E-state index in [9.17, 15) is 9.59 Å². The lowest BCUT2D eigenvalue weighted by molar-refractivity contribution is -0.142. The van der Waals surface area contributed by atoms with E-state index in [1.54, 1.807) is 11.2 Å². The molecule has 2 heterocycles. The van der Waals surface area contributed by atoms with Crippen molar-refractivity contribution in [3.63, 3.8) is 0 Å². The second-order valence-electron chi connectivity index (χ2n) is 6.50. The van der Waals surface area contributed by atoms with Gasteiger partial charge in [-0.05, 0) is 11.1 Å². The van der Waals surface area contributed by atoms with E-state index < -0.39 is 6.04 Å². The molecule has 136 valence electrons. The first-order chi connectivity index (χ1) is 13.2. The number of fused-ring (bicyclic) bond motifs is 1. The molecule has 27 heavy (non-hydrogen) atoms. The van der Waals surface area contributed by atoms with Gasteiger partial charge < -0.3 is 14.7 Å². The second-order valence-corrected chi connectivity index (χ2v) is 6.50. The van der Waals surface area contributed by atoms with Gasteiger partial charge in [-0.2, -0.15) is 0 Å². The first-order valence-electron chi connectivity index (χ1n) is 8.80. The molecule has 1 aliphatic rings. The normalized spacial score (nSPS) is 14.5. The summed E-state index contributed by atoms with van der Waals surface area (Å²) >= 11 is 0. The van der Waals surface area contributed by atoms with E-state index in [4.69, 9.17) is 4.52 Å². The summed E-state index contributed by atoms with van der Waals surface area (Å²) < 4.78 is 4.99. The average Bonchev–Trinajstić information content (AvgIpc) is 3.15. The number of hydrogen-bond acceptors (Lipinski definition) is 4. The van der Waals surface area contributed by atoms with Gasteiger partial charge in [0.2, 0.25) is 11.8 Å². The molecule has 1 unspecified atom stereocenters. The zero-order chi connectivity index (χ0) is 18.6. The van der Waals surface area contributed by atoms with Crippen LogP contribution >= 0.6 is 0 Å². The van der Waals surface area contributed by atoms with Gasteiger partial charge in [0.1, 0.15) is 12.3 Å². The highest BCUT2D eigenvalue weighted by Gasteiger charge is 2.35. The molecule has 0 spiro atoms. The molecule has 2 aromatic carbocycles. The third-order valence-corrected chi connectivity index (χ3v) is 4.69. The molecule has 6 nitrogen and oxygen atoms in total. The molecule has 1 atom stereocenters. The van der Waals surface area contributed by atoms with Crippen molar-refractivity contribution < 1.29 is 14.1 Å². The van der Waals surface area contributed by atoms with Crippen molar-refractivity contribution in [1.29, 1.82) is 0 Å². The summed E-state index contributed by atoms with van der Waals surface area (Å²) in [4.78, 5) is 27.4. The van der Waals surface area contributed by atoms with Gasteiger partial charge >= 0.3 is 0 Å². The number of amides is 2. The molecule has 4 rings (SSSR count). The first kappa shape index (κ1) is 17.0. The molecular formula is C21H19N3O3. The van der Waals surface area contributed by atoms with Crippen molar-refractivity contribution in [1.82, 2.24) is 15.4 Å². The van der Waals surface area contributed by atoms with Gasteiger partial charge in [-0.3, -0.25) is 9.59 Å². The summed E-state index contributed by atoms with van der Waals surface area (Å²) in [5.74, 6) is -0.349. The minimum atomic E-state index is -0.703. The van der Waals surface area contributed by atoms with Gasteiger partial charge in [-0.15, -0.1) is 0 Å². The summed E-state index contributed by atoms with van der Waals surface area (Å²) in [7, 11) is 0. The third kappa shape index (κ3) is 3.60. The Balaban J connectivity index is 1.60. The monoisotopic (exact) mass is 361 g/mol. The Morgan fingerprint density at radius 2 is 1.81 bits per heavy atom. The van der Waals surface area contributed by atoms with E-state index in [0.29, 0.717) is 18.8 Å². The van der Waals surface area contributed by atoms with Crippen LogP contribution in [-0.2, 0) is 29.1 Å². The summed E-state index contributed by atoms with van der Waals surface area (Å²) in [6, 6.07) is 18.3. The van der Waals surface area contributed by atoms with E-state index in [-0.39, 0.29) is 18.2 Å². The van der Waals surface area contributed by atoms with Gasteiger partial charge in [-0.25, -0.2) is 0 Å². The second kappa shape index (κ2) is 7.45. The molecule has 2 amide bonds. The maximum Gasteiger partial charge on any atom is 0.247 e. The maximum absolute atomic E-state index is 13.1. The number of aromatic nitrogens is 1. The average molecular weight is 361 g/mol. The van der Waals surface area contributed by atoms with Crippen LogP contribution in [0.1, 0.15) is 28.4 Å². The quantitative estimate of drug-likeness (QED) is 0.758. The van der Waals surface area contributed by atoms with Crippen molar-refractivity contribution >= 4 is 11.8 Å². The minimum Gasteiger partial charge on any atom is -0.364 e. The Labute approximate surface area is 156 Å². The van der Waals surface area contributed by atoms with Gasteiger partial charge in [0.15, 0.2) is 0 Å². The van der Waals surface area contributed by atoms with E-state index in [1.165, 1.54) is 0 Å². The van der Waals surface area contributed by atoms with Crippen LogP contribution in [0.2, 0.25) is 0 Å². The number of nitrogens with zero attached hydrogens (tertiary/aromatic N) is 2. The van der Waals surface area contributed by atoms with Crippen LogP contribution < -0.4 is 5.32 Å². The molecule has 0 radical (unpaired) electrons. The van der Waals surface area contributed by atoms with Crippen LogP contribution in [0.4, 0.5) is 0 Å². The Morgan fingerprint density at radius 3 is 2.56 bits per heavy atom. The van der Waals surface area contributed by atoms with Gasteiger partial charge in [0.05, 0.1) is 18.7 Å². The fourth-order valence-corrected chi connectivity index (χ4v) is 3.30. The SMILES string of the molecule is O=C(NCc1ccccc1)C(c1ccccc1)N1Cc2conc2CC1=O. The molecule has 1 aliphatic heterocycles. The topological polar surface area (TPSA) is 75.4 Å². The standard InChI is InChI=1S/C21H19N3O3/c25-19-11-18-17(14-27-23-18)13-24(19)20(16-9-5-2-6-10-16)21(26)22-12-15-7-3-1-4-8-15/h1-10,14,20H,11-13H2,(H,22,26). The fraction of sp³-hybridized carbons (Fsp3) is 0.190. The van der Waals surface area contributed by atoms with E-state index in [1.807, 2.05) is 60.7 Å². The van der Waals surface area contributed by atoms with Gasteiger partial charge in [-0.1, -0.05) is 65.8 Å². The van der Waals surface area contributed by atoms with Gasteiger partial charge in [0, 0.05) is 12.1 Å². The molecule has 1 N–H and O–H groups in total. The van der Waals surface area contributed by atoms with E-state index in [0.717, 1.165) is 16.7 Å². The Bertz CT molecular complexity index is 938. The van der Waals surface area contributed by atoms with Crippen molar-refractivity contribution in [2.75, 3.05) is 0 Å². The van der Waals surface area contributed by atoms with Gasteiger partial charge in [0.25, 0.3) is 0 Å². The fourth-order valence-electron chi connectivity index (χ4n) is 3.30. The Kier molecular flexibility index (Phi) is 4.70. The van der Waals surface area contributed by atoms with Crippen molar-refractivity contribution in [3.8, 4) is 0 Å². The van der Waals surface area contributed by atoms with Crippen molar-refractivity contribution in [2.24, 2.45) is 0 Å². The Morgan fingerprint density at radius 1 is 1.11 bits per heavy atom. The summed E-state index contributed by atoms with van der Waals surface area (Å²) in [5, 5.41) is 6.83. The van der Waals surface area contributed by atoms with Crippen LogP contribution in [0, 0.1) is 0 Å². The lowest BCUT2D eigenvalue weighted by Gasteiger charge is -2.33. The van der Waals surface area contributed by atoms with E-state index >= 15 is 0 Å². The number of carbonyl (C=O) groups excluding carboxylic acids is 2. The molecule has 0 bridgehead atoms. The van der Waals surface area contributed by atoms with Crippen LogP contribution in [0.3, 0.4) is 0 Å². The minimum absolute atomic E-state index is 0.139. The summed E-state index contributed by atoms with van der Waals surface area (Å²) in [6.07, 6.45) is 1.68.